The molecule has 0 aromatic heterocycles. The molecule has 1 aliphatic rings. The Kier molecular flexibility index (Phi) is 4.86. The first-order chi connectivity index (χ1) is 10.8. The van der Waals surface area contributed by atoms with E-state index in [-0.39, 0.29) is 11.9 Å². The van der Waals surface area contributed by atoms with Crippen LogP contribution in [0.5, 0.6) is 0 Å². The molecule has 0 radical (unpaired) electrons. The van der Waals surface area contributed by atoms with Gasteiger partial charge in [-0.05, 0) is 37.1 Å². The third-order valence-corrected chi connectivity index (χ3v) is 4.23. The van der Waals surface area contributed by atoms with Gasteiger partial charge in [0.15, 0.2) is 0 Å². The maximum Gasteiger partial charge on any atom is 0.251 e. The van der Waals surface area contributed by atoms with Gasteiger partial charge in [0, 0.05) is 11.6 Å². The highest BCUT2D eigenvalue weighted by Gasteiger charge is 2.26. The Morgan fingerprint density at radius 3 is 2.32 bits per heavy atom. The summed E-state index contributed by atoms with van der Waals surface area (Å²) in [4.78, 5) is 12.5. The van der Waals surface area contributed by atoms with Crippen LogP contribution >= 0.6 is 0 Å². The standard InChI is InChI=1S/C19H22N2O/c22-19(16-11-5-2-6-12-16)21-18(15-9-3-1-4-10-15)17-13-7-8-14-20-17/h1-6,9-12,17-18,20H,7-8,13-14H2,(H,21,22). The third kappa shape index (κ3) is 3.55. The van der Waals surface area contributed by atoms with E-state index >= 15 is 0 Å². The molecule has 22 heavy (non-hydrogen) atoms. The van der Waals surface area contributed by atoms with Crippen LogP contribution in [-0.4, -0.2) is 18.5 Å². The fourth-order valence-corrected chi connectivity index (χ4v) is 3.05. The molecular formula is C19H22N2O. The molecule has 1 aliphatic heterocycles. The van der Waals surface area contributed by atoms with Crippen molar-refractivity contribution in [3.63, 3.8) is 0 Å². The van der Waals surface area contributed by atoms with E-state index in [1.165, 1.54) is 12.8 Å². The summed E-state index contributed by atoms with van der Waals surface area (Å²) in [6.45, 7) is 1.02. The van der Waals surface area contributed by atoms with Gasteiger partial charge in [-0.15, -0.1) is 0 Å². The fourth-order valence-electron chi connectivity index (χ4n) is 3.05. The van der Waals surface area contributed by atoms with Crippen LogP contribution in [0.15, 0.2) is 60.7 Å². The minimum atomic E-state index is -0.0122. The van der Waals surface area contributed by atoms with Gasteiger partial charge in [-0.25, -0.2) is 0 Å². The second kappa shape index (κ2) is 7.23. The van der Waals surface area contributed by atoms with Gasteiger partial charge in [0.2, 0.25) is 0 Å². The van der Waals surface area contributed by atoms with Crippen molar-refractivity contribution < 1.29 is 4.79 Å². The van der Waals surface area contributed by atoms with E-state index in [0.29, 0.717) is 11.6 Å². The quantitative estimate of drug-likeness (QED) is 0.908. The Morgan fingerprint density at radius 2 is 1.68 bits per heavy atom. The molecule has 1 fully saturated rings. The summed E-state index contributed by atoms with van der Waals surface area (Å²) in [5.74, 6) is -0.0122. The van der Waals surface area contributed by atoms with Crippen molar-refractivity contribution in [1.82, 2.24) is 10.6 Å². The summed E-state index contributed by atoms with van der Waals surface area (Å²) in [6, 6.07) is 20.0. The molecule has 0 saturated carbocycles. The Bertz CT molecular complexity index is 591. The van der Waals surface area contributed by atoms with E-state index < -0.39 is 0 Å². The highest BCUT2D eigenvalue weighted by molar-refractivity contribution is 5.94. The van der Waals surface area contributed by atoms with Crippen LogP contribution in [0.25, 0.3) is 0 Å². The SMILES string of the molecule is O=C(NC(c1ccccc1)C1CCCCN1)c1ccccc1. The highest BCUT2D eigenvalue weighted by atomic mass is 16.1. The summed E-state index contributed by atoms with van der Waals surface area (Å²) >= 11 is 0. The molecule has 3 nitrogen and oxygen atoms in total. The molecule has 1 saturated heterocycles. The molecule has 2 atom stereocenters. The van der Waals surface area contributed by atoms with Crippen LogP contribution in [0.2, 0.25) is 0 Å². The Labute approximate surface area is 131 Å². The monoisotopic (exact) mass is 294 g/mol. The molecule has 0 aliphatic carbocycles. The molecule has 114 valence electrons. The molecule has 0 spiro atoms. The summed E-state index contributed by atoms with van der Waals surface area (Å²) in [5, 5.41) is 6.78. The lowest BCUT2D eigenvalue weighted by Gasteiger charge is -2.32. The Hall–Kier alpha value is -2.13. The van der Waals surface area contributed by atoms with Crippen molar-refractivity contribution in [3.8, 4) is 0 Å². The van der Waals surface area contributed by atoms with Crippen molar-refractivity contribution in [2.24, 2.45) is 0 Å². The third-order valence-electron chi connectivity index (χ3n) is 4.23. The van der Waals surface area contributed by atoms with Gasteiger partial charge >= 0.3 is 0 Å². The van der Waals surface area contributed by atoms with Crippen LogP contribution in [0.4, 0.5) is 0 Å². The topological polar surface area (TPSA) is 41.1 Å². The lowest BCUT2D eigenvalue weighted by atomic mass is 9.92. The van der Waals surface area contributed by atoms with Crippen LogP contribution < -0.4 is 10.6 Å². The zero-order valence-corrected chi connectivity index (χ0v) is 12.7. The van der Waals surface area contributed by atoms with E-state index in [2.05, 4.69) is 22.8 Å². The maximum atomic E-state index is 12.5. The first kappa shape index (κ1) is 14.8. The zero-order valence-electron chi connectivity index (χ0n) is 12.7. The molecule has 3 heteroatoms. The Balaban J connectivity index is 1.81. The molecule has 0 bridgehead atoms. The normalized spacial score (nSPS) is 19.4. The number of hydrogen-bond acceptors (Lipinski definition) is 2. The minimum Gasteiger partial charge on any atom is -0.344 e. The summed E-state index contributed by atoms with van der Waals surface area (Å²) < 4.78 is 0. The van der Waals surface area contributed by atoms with Crippen LogP contribution in [0.1, 0.15) is 41.2 Å². The second-order valence-electron chi connectivity index (χ2n) is 5.78. The molecule has 2 N–H and O–H groups in total. The molecular weight excluding hydrogens is 272 g/mol. The van der Waals surface area contributed by atoms with Gasteiger partial charge in [0.05, 0.1) is 6.04 Å². The first-order valence-electron chi connectivity index (χ1n) is 7.99. The number of carbonyl (C=O) groups excluding carboxylic acids is 1. The summed E-state index contributed by atoms with van der Waals surface area (Å²) in [6.07, 6.45) is 3.52. The van der Waals surface area contributed by atoms with E-state index in [1.54, 1.807) is 0 Å². The molecule has 1 heterocycles. The van der Waals surface area contributed by atoms with Crippen LogP contribution in [0, 0.1) is 0 Å². The average molecular weight is 294 g/mol. The zero-order chi connectivity index (χ0) is 15.2. The Morgan fingerprint density at radius 1 is 1.00 bits per heavy atom. The number of carbonyl (C=O) groups is 1. The summed E-state index contributed by atoms with van der Waals surface area (Å²) in [7, 11) is 0. The van der Waals surface area contributed by atoms with E-state index in [0.717, 1.165) is 18.5 Å². The van der Waals surface area contributed by atoms with Crippen LogP contribution in [-0.2, 0) is 0 Å². The van der Waals surface area contributed by atoms with Gasteiger partial charge in [-0.1, -0.05) is 55.0 Å². The van der Waals surface area contributed by atoms with E-state index in [4.69, 9.17) is 0 Å². The molecule has 3 rings (SSSR count). The van der Waals surface area contributed by atoms with E-state index in [9.17, 15) is 4.79 Å². The second-order valence-corrected chi connectivity index (χ2v) is 5.78. The maximum absolute atomic E-state index is 12.5. The van der Waals surface area contributed by atoms with Gasteiger partial charge in [-0.3, -0.25) is 4.79 Å². The van der Waals surface area contributed by atoms with Gasteiger partial charge < -0.3 is 10.6 Å². The number of benzene rings is 2. The number of rotatable bonds is 4. The van der Waals surface area contributed by atoms with Gasteiger partial charge in [0.1, 0.15) is 0 Å². The smallest absolute Gasteiger partial charge is 0.251 e. The average Bonchev–Trinajstić information content (AvgIpc) is 2.62. The first-order valence-corrected chi connectivity index (χ1v) is 7.99. The number of amides is 1. The highest BCUT2D eigenvalue weighted by Crippen LogP contribution is 2.23. The van der Waals surface area contributed by atoms with Crippen molar-refractivity contribution >= 4 is 5.91 Å². The lowest BCUT2D eigenvalue weighted by Crippen LogP contribution is -2.46. The minimum absolute atomic E-state index is 0.00852. The lowest BCUT2D eigenvalue weighted by molar-refractivity contribution is 0.0923. The summed E-state index contributed by atoms with van der Waals surface area (Å²) in [5.41, 5.74) is 1.87. The molecule has 2 aromatic rings. The molecule has 2 unspecified atom stereocenters. The number of hydrogen-bond donors (Lipinski definition) is 2. The number of nitrogens with one attached hydrogen (secondary N) is 2. The van der Waals surface area contributed by atoms with E-state index in [1.807, 2.05) is 48.5 Å². The van der Waals surface area contributed by atoms with Crippen molar-refractivity contribution in [2.45, 2.75) is 31.3 Å². The molecule has 1 amide bonds. The predicted molar refractivity (Wildman–Crippen MR) is 88.7 cm³/mol. The van der Waals surface area contributed by atoms with Gasteiger partial charge in [0.25, 0.3) is 5.91 Å². The van der Waals surface area contributed by atoms with Crippen molar-refractivity contribution in [2.75, 3.05) is 6.54 Å². The van der Waals surface area contributed by atoms with Gasteiger partial charge in [-0.2, -0.15) is 0 Å². The molecule has 2 aromatic carbocycles. The number of piperidine rings is 1. The van der Waals surface area contributed by atoms with Crippen molar-refractivity contribution in [3.05, 3.63) is 71.8 Å². The largest absolute Gasteiger partial charge is 0.344 e. The van der Waals surface area contributed by atoms with Crippen molar-refractivity contribution in [1.29, 1.82) is 0 Å². The van der Waals surface area contributed by atoms with Crippen LogP contribution in [0.3, 0.4) is 0 Å². The predicted octanol–water partition coefficient (Wildman–Crippen LogP) is 3.30. The fraction of sp³-hybridized carbons (Fsp3) is 0.316.